The van der Waals surface area contributed by atoms with Gasteiger partial charge in [-0.1, -0.05) is 5.16 Å². The van der Waals surface area contributed by atoms with Crippen LogP contribution in [0.2, 0.25) is 0 Å². The second-order valence-corrected chi connectivity index (χ2v) is 7.84. The molecule has 0 radical (unpaired) electrons. The summed E-state index contributed by atoms with van der Waals surface area (Å²) in [5, 5.41) is 10.8. The number of carbonyl (C=O) groups excluding carboxylic acids is 2. The number of amides is 2. The van der Waals surface area contributed by atoms with Crippen LogP contribution < -0.4 is 5.32 Å². The summed E-state index contributed by atoms with van der Waals surface area (Å²) in [6, 6.07) is 3.48. The molecule has 0 saturated heterocycles. The van der Waals surface area contributed by atoms with Crippen molar-refractivity contribution in [2.75, 3.05) is 18.9 Å². The third-order valence-corrected chi connectivity index (χ3v) is 4.21. The quantitative estimate of drug-likeness (QED) is 0.885. The van der Waals surface area contributed by atoms with E-state index in [2.05, 4.69) is 36.3 Å². The summed E-state index contributed by atoms with van der Waals surface area (Å²) in [5.41, 5.74) is 1.27. The predicted molar refractivity (Wildman–Crippen MR) is 96.0 cm³/mol. The number of hydrogen-bond donors (Lipinski definition) is 1. The van der Waals surface area contributed by atoms with Crippen molar-refractivity contribution < 1.29 is 14.1 Å². The van der Waals surface area contributed by atoms with Gasteiger partial charge in [0.2, 0.25) is 5.91 Å². The molecule has 0 bridgehead atoms. The highest BCUT2D eigenvalue weighted by molar-refractivity contribution is 5.98. The monoisotopic (exact) mass is 359 g/mol. The van der Waals surface area contributed by atoms with E-state index in [0.717, 1.165) is 18.5 Å². The van der Waals surface area contributed by atoms with Crippen molar-refractivity contribution in [2.45, 2.75) is 52.0 Å². The van der Waals surface area contributed by atoms with E-state index in [4.69, 9.17) is 4.52 Å². The lowest BCUT2D eigenvalue weighted by atomic mass is 10.1. The van der Waals surface area contributed by atoms with E-state index in [1.165, 1.54) is 4.90 Å². The Morgan fingerprint density at radius 2 is 2.04 bits per heavy atom. The molecule has 0 aliphatic heterocycles. The summed E-state index contributed by atoms with van der Waals surface area (Å²) < 4.78 is 6.84. The van der Waals surface area contributed by atoms with Crippen molar-refractivity contribution in [3.63, 3.8) is 0 Å². The van der Waals surface area contributed by atoms with Crippen LogP contribution in [-0.4, -0.2) is 45.2 Å². The molecule has 26 heavy (non-hydrogen) atoms. The second kappa shape index (κ2) is 6.59. The summed E-state index contributed by atoms with van der Waals surface area (Å²) in [4.78, 5) is 26.2. The van der Waals surface area contributed by atoms with Crippen LogP contribution in [-0.2, 0) is 10.3 Å². The maximum atomic E-state index is 12.7. The van der Waals surface area contributed by atoms with E-state index < -0.39 is 0 Å². The Morgan fingerprint density at radius 1 is 1.35 bits per heavy atom. The molecule has 0 unspecified atom stereocenters. The molecule has 2 aromatic heterocycles. The number of aryl methyl sites for hydroxylation is 1. The normalized spacial score (nSPS) is 14.3. The predicted octanol–water partition coefficient (Wildman–Crippen LogP) is 2.52. The van der Waals surface area contributed by atoms with Crippen molar-refractivity contribution in [3.05, 3.63) is 29.3 Å². The molecule has 1 aliphatic rings. The van der Waals surface area contributed by atoms with Crippen LogP contribution >= 0.6 is 0 Å². The molecule has 3 rings (SSSR count). The fraction of sp³-hybridized carbons (Fsp3) is 0.556. The first-order chi connectivity index (χ1) is 12.1. The first-order valence-electron chi connectivity index (χ1n) is 8.74. The Balaban J connectivity index is 1.69. The summed E-state index contributed by atoms with van der Waals surface area (Å²) in [5.74, 6) is 0.798. The lowest BCUT2D eigenvalue weighted by Crippen LogP contribution is -2.35. The Labute approximate surface area is 152 Å². The van der Waals surface area contributed by atoms with Crippen molar-refractivity contribution in [3.8, 4) is 0 Å². The van der Waals surface area contributed by atoms with Crippen molar-refractivity contribution in [1.29, 1.82) is 0 Å². The molecule has 1 fully saturated rings. The number of carbonyl (C=O) groups is 2. The molecule has 2 aromatic rings. The van der Waals surface area contributed by atoms with E-state index in [-0.39, 0.29) is 23.9 Å². The number of hydrogen-bond acceptors (Lipinski definition) is 5. The van der Waals surface area contributed by atoms with Crippen molar-refractivity contribution >= 4 is 17.6 Å². The molecular formula is C18H25N5O3. The standard InChI is InChI=1S/C18H25N5O3/c1-11-8-15(21-26-11)19-16(24)10-22(5)17(25)13-9-14(12-6-7-12)23(20-13)18(2,3)4/h8-9,12H,6-7,10H2,1-5H3,(H,19,21,24). The van der Waals surface area contributed by atoms with Gasteiger partial charge in [0.1, 0.15) is 5.76 Å². The van der Waals surface area contributed by atoms with Gasteiger partial charge < -0.3 is 14.7 Å². The maximum Gasteiger partial charge on any atom is 0.274 e. The van der Waals surface area contributed by atoms with Crippen LogP contribution in [0.15, 0.2) is 16.7 Å². The van der Waals surface area contributed by atoms with E-state index in [1.807, 2.05) is 10.7 Å². The molecule has 0 spiro atoms. The first kappa shape index (κ1) is 18.2. The van der Waals surface area contributed by atoms with Gasteiger partial charge in [0.05, 0.1) is 12.1 Å². The topological polar surface area (TPSA) is 93.3 Å². The lowest BCUT2D eigenvalue weighted by Gasteiger charge is -2.22. The number of aromatic nitrogens is 3. The van der Waals surface area contributed by atoms with Crippen LogP contribution in [0.4, 0.5) is 5.82 Å². The maximum absolute atomic E-state index is 12.7. The molecule has 0 aromatic carbocycles. The molecule has 140 valence electrons. The third kappa shape index (κ3) is 3.95. The Morgan fingerprint density at radius 3 is 2.58 bits per heavy atom. The molecule has 1 N–H and O–H groups in total. The van der Waals surface area contributed by atoms with Gasteiger partial charge >= 0.3 is 0 Å². The van der Waals surface area contributed by atoms with E-state index in [0.29, 0.717) is 23.2 Å². The SMILES string of the molecule is Cc1cc(NC(=O)CN(C)C(=O)c2cc(C3CC3)n(C(C)(C)C)n2)no1. The zero-order valence-corrected chi connectivity index (χ0v) is 15.9. The fourth-order valence-electron chi connectivity index (χ4n) is 2.80. The van der Waals surface area contributed by atoms with Crippen molar-refractivity contribution in [1.82, 2.24) is 19.8 Å². The van der Waals surface area contributed by atoms with Gasteiger partial charge in [-0.2, -0.15) is 5.10 Å². The van der Waals surface area contributed by atoms with Crippen LogP contribution in [0.1, 0.15) is 61.5 Å². The summed E-state index contributed by atoms with van der Waals surface area (Å²) >= 11 is 0. The average molecular weight is 359 g/mol. The Bertz CT molecular complexity index is 826. The third-order valence-electron chi connectivity index (χ3n) is 4.21. The van der Waals surface area contributed by atoms with Gasteiger partial charge in [-0.25, -0.2) is 0 Å². The lowest BCUT2D eigenvalue weighted by molar-refractivity contribution is -0.116. The second-order valence-electron chi connectivity index (χ2n) is 7.84. The van der Waals surface area contributed by atoms with E-state index in [1.54, 1.807) is 20.0 Å². The molecule has 2 heterocycles. The number of anilines is 1. The van der Waals surface area contributed by atoms with Gasteiger partial charge in [0.15, 0.2) is 11.5 Å². The minimum absolute atomic E-state index is 0.0914. The largest absolute Gasteiger partial charge is 0.360 e. The number of likely N-dealkylation sites (N-methyl/N-ethyl adjacent to an activating group) is 1. The highest BCUT2D eigenvalue weighted by atomic mass is 16.5. The van der Waals surface area contributed by atoms with E-state index >= 15 is 0 Å². The molecule has 8 nitrogen and oxygen atoms in total. The zero-order chi connectivity index (χ0) is 19.1. The van der Waals surface area contributed by atoms with Crippen molar-refractivity contribution in [2.24, 2.45) is 0 Å². The van der Waals surface area contributed by atoms with Crippen LogP contribution in [0.3, 0.4) is 0 Å². The van der Waals surface area contributed by atoms with Gasteiger partial charge in [0.25, 0.3) is 5.91 Å². The minimum atomic E-state index is -0.341. The van der Waals surface area contributed by atoms with Gasteiger partial charge in [-0.3, -0.25) is 14.3 Å². The van der Waals surface area contributed by atoms with Crippen LogP contribution in [0.25, 0.3) is 0 Å². The molecule has 1 aliphatic carbocycles. The molecule has 2 amide bonds. The highest BCUT2D eigenvalue weighted by Crippen LogP contribution is 2.41. The minimum Gasteiger partial charge on any atom is -0.360 e. The summed E-state index contributed by atoms with van der Waals surface area (Å²) in [6.45, 7) is 7.85. The Hall–Kier alpha value is -2.64. The number of nitrogens with one attached hydrogen (secondary N) is 1. The van der Waals surface area contributed by atoms with Crippen LogP contribution in [0, 0.1) is 6.92 Å². The van der Waals surface area contributed by atoms with Gasteiger partial charge in [-0.15, -0.1) is 0 Å². The van der Waals surface area contributed by atoms with Gasteiger partial charge in [-0.05, 0) is 46.6 Å². The summed E-state index contributed by atoms with van der Waals surface area (Å²) in [7, 11) is 1.59. The molecule has 8 heteroatoms. The number of rotatable bonds is 5. The fourth-order valence-corrected chi connectivity index (χ4v) is 2.80. The molecule has 1 saturated carbocycles. The number of nitrogens with zero attached hydrogens (tertiary/aromatic N) is 4. The Kier molecular flexibility index (Phi) is 4.60. The smallest absolute Gasteiger partial charge is 0.274 e. The molecule has 0 atom stereocenters. The molecular weight excluding hydrogens is 334 g/mol. The highest BCUT2D eigenvalue weighted by Gasteiger charge is 2.33. The van der Waals surface area contributed by atoms with E-state index in [9.17, 15) is 9.59 Å². The zero-order valence-electron chi connectivity index (χ0n) is 15.9. The van der Waals surface area contributed by atoms with Gasteiger partial charge in [0, 0.05) is 24.7 Å². The first-order valence-corrected chi connectivity index (χ1v) is 8.74. The van der Waals surface area contributed by atoms with Crippen LogP contribution in [0.5, 0.6) is 0 Å². The average Bonchev–Trinajstić information content (AvgIpc) is 3.15. The summed E-state index contributed by atoms with van der Waals surface area (Å²) in [6.07, 6.45) is 2.26.